The molecule has 0 spiro atoms. The van der Waals surface area contributed by atoms with Gasteiger partial charge in [0.05, 0.1) is 5.69 Å². The van der Waals surface area contributed by atoms with Crippen LogP contribution < -0.4 is 0 Å². The van der Waals surface area contributed by atoms with Gasteiger partial charge in [0.15, 0.2) is 0 Å². The number of hydrogen-bond acceptors (Lipinski definition) is 2. The average molecular weight is 266 g/mol. The van der Waals surface area contributed by atoms with Gasteiger partial charge >= 0.3 is 0 Å². The molecule has 2 nitrogen and oxygen atoms in total. The zero-order chi connectivity index (χ0) is 14.1. The topological polar surface area (TPSA) is 15.6 Å². The van der Waals surface area contributed by atoms with E-state index in [2.05, 4.69) is 4.99 Å². The minimum Gasteiger partial charge on any atom is -0.357 e. The van der Waals surface area contributed by atoms with E-state index in [1.54, 1.807) is 12.1 Å². The minimum absolute atomic E-state index is 0.230. The van der Waals surface area contributed by atoms with Crippen molar-refractivity contribution >= 4 is 17.0 Å². The lowest BCUT2D eigenvalue weighted by Crippen LogP contribution is -2.02. The lowest BCUT2D eigenvalue weighted by Gasteiger charge is -2.11. The van der Waals surface area contributed by atoms with Crippen LogP contribution in [-0.4, -0.2) is 17.7 Å². The van der Waals surface area contributed by atoms with Crippen molar-refractivity contribution in [2.45, 2.75) is 6.92 Å². The number of rotatable bonds is 1. The highest BCUT2D eigenvalue weighted by molar-refractivity contribution is 6.28. The maximum absolute atomic E-state index is 13.4. The molecule has 0 radical (unpaired) electrons. The fourth-order valence-corrected chi connectivity index (χ4v) is 2.27. The molecule has 3 rings (SSSR count). The predicted molar refractivity (Wildman–Crippen MR) is 81.3 cm³/mol. The normalized spacial score (nSPS) is 18.6. The molecule has 0 aliphatic carbocycles. The molecule has 0 N–H and O–H groups in total. The van der Waals surface area contributed by atoms with Gasteiger partial charge in [0.25, 0.3) is 0 Å². The predicted octanol–water partition coefficient (Wildman–Crippen LogP) is 4.21. The standard InChI is InChI=1S/C17H15FN2/c1-12-15(5-3-13-7-9-20(2)10-8-13)16-11-14(18)4-6-17(16)19-12/h3-11H,1-2H3/b15-5+. The summed E-state index contributed by atoms with van der Waals surface area (Å²) in [7, 11) is 1.98. The summed E-state index contributed by atoms with van der Waals surface area (Å²) >= 11 is 0. The molecule has 0 bridgehead atoms. The number of nitrogens with zero attached hydrogens (tertiary/aromatic N) is 2. The van der Waals surface area contributed by atoms with Gasteiger partial charge in [-0.05, 0) is 42.8 Å². The summed E-state index contributed by atoms with van der Waals surface area (Å²) in [4.78, 5) is 6.44. The second-order valence-electron chi connectivity index (χ2n) is 4.90. The van der Waals surface area contributed by atoms with E-state index in [-0.39, 0.29) is 5.82 Å². The molecule has 1 aromatic rings. The summed E-state index contributed by atoms with van der Waals surface area (Å²) in [5.41, 5.74) is 4.70. The Kier molecular flexibility index (Phi) is 3.11. The first kappa shape index (κ1) is 12.6. The molecular weight excluding hydrogens is 251 g/mol. The van der Waals surface area contributed by atoms with Gasteiger partial charge in [-0.3, -0.25) is 4.99 Å². The molecule has 0 saturated heterocycles. The Morgan fingerprint density at radius 3 is 2.65 bits per heavy atom. The zero-order valence-corrected chi connectivity index (χ0v) is 11.5. The number of halogens is 1. The van der Waals surface area contributed by atoms with E-state index in [4.69, 9.17) is 0 Å². The van der Waals surface area contributed by atoms with Gasteiger partial charge in [0, 0.05) is 36.3 Å². The molecule has 0 aromatic heterocycles. The molecule has 2 aliphatic rings. The van der Waals surface area contributed by atoms with Gasteiger partial charge < -0.3 is 4.90 Å². The van der Waals surface area contributed by atoms with Crippen molar-refractivity contribution in [3.63, 3.8) is 0 Å². The van der Waals surface area contributed by atoms with Crippen LogP contribution in [0.5, 0.6) is 0 Å². The SMILES string of the molecule is CC1=Nc2ccc(F)cc2/C1=C/C=C1C=CN(C)C=C1. The summed E-state index contributed by atoms with van der Waals surface area (Å²) in [5.74, 6) is -0.230. The second kappa shape index (κ2) is 4.93. The fraction of sp³-hybridized carbons (Fsp3) is 0.118. The van der Waals surface area contributed by atoms with Crippen molar-refractivity contribution in [3.8, 4) is 0 Å². The maximum atomic E-state index is 13.4. The largest absolute Gasteiger partial charge is 0.357 e. The summed E-state index contributed by atoms with van der Waals surface area (Å²) in [6, 6.07) is 4.71. The Morgan fingerprint density at radius 1 is 1.15 bits per heavy atom. The number of hydrogen-bond donors (Lipinski definition) is 0. The van der Waals surface area contributed by atoms with Gasteiger partial charge in [0.2, 0.25) is 0 Å². The van der Waals surface area contributed by atoms with E-state index in [1.165, 1.54) is 6.07 Å². The Hall–Kier alpha value is -2.42. The van der Waals surface area contributed by atoms with Crippen LogP contribution in [0.3, 0.4) is 0 Å². The van der Waals surface area contributed by atoms with E-state index < -0.39 is 0 Å². The van der Waals surface area contributed by atoms with Crippen LogP contribution in [0.25, 0.3) is 5.57 Å². The summed E-state index contributed by atoms with van der Waals surface area (Å²) in [6.07, 6.45) is 12.1. The quantitative estimate of drug-likeness (QED) is 0.743. The van der Waals surface area contributed by atoms with E-state index >= 15 is 0 Å². The van der Waals surface area contributed by atoms with E-state index in [1.807, 2.05) is 55.6 Å². The van der Waals surface area contributed by atoms with Gasteiger partial charge in [-0.25, -0.2) is 4.39 Å². The van der Waals surface area contributed by atoms with Crippen molar-refractivity contribution in [3.05, 3.63) is 71.9 Å². The third kappa shape index (κ3) is 2.35. The number of aliphatic imine (C=N–C) groups is 1. The average Bonchev–Trinajstić information content (AvgIpc) is 2.73. The minimum atomic E-state index is -0.230. The molecule has 2 heterocycles. The molecule has 0 fully saturated rings. The Morgan fingerprint density at radius 2 is 1.90 bits per heavy atom. The van der Waals surface area contributed by atoms with Crippen molar-refractivity contribution < 1.29 is 4.39 Å². The van der Waals surface area contributed by atoms with Gasteiger partial charge in [-0.15, -0.1) is 0 Å². The lowest BCUT2D eigenvalue weighted by molar-refractivity contribution is 0.620. The molecule has 0 unspecified atom stereocenters. The molecule has 0 amide bonds. The lowest BCUT2D eigenvalue weighted by atomic mass is 10.0. The monoisotopic (exact) mass is 266 g/mol. The molecular formula is C17H15FN2. The van der Waals surface area contributed by atoms with Crippen LogP contribution in [0.4, 0.5) is 10.1 Å². The smallest absolute Gasteiger partial charge is 0.123 e. The van der Waals surface area contributed by atoms with Gasteiger partial charge in [-0.1, -0.05) is 12.2 Å². The highest BCUT2D eigenvalue weighted by Crippen LogP contribution is 2.35. The Balaban J connectivity index is 1.96. The highest BCUT2D eigenvalue weighted by atomic mass is 19.1. The molecule has 100 valence electrons. The molecule has 1 aromatic carbocycles. The molecule has 0 saturated carbocycles. The summed E-state index contributed by atoms with van der Waals surface area (Å²) in [5, 5.41) is 0. The van der Waals surface area contributed by atoms with Gasteiger partial charge in [-0.2, -0.15) is 0 Å². The molecule has 3 heteroatoms. The number of fused-ring (bicyclic) bond motifs is 1. The Labute approximate surface area is 117 Å². The first-order valence-corrected chi connectivity index (χ1v) is 6.49. The summed E-state index contributed by atoms with van der Waals surface area (Å²) in [6.45, 7) is 1.95. The van der Waals surface area contributed by atoms with Gasteiger partial charge in [0.1, 0.15) is 5.82 Å². The maximum Gasteiger partial charge on any atom is 0.123 e. The second-order valence-corrected chi connectivity index (χ2v) is 4.90. The third-order valence-electron chi connectivity index (χ3n) is 3.37. The number of benzene rings is 1. The van der Waals surface area contributed by atoms with Crippen molar-refractivity contribution in [2.24, 2.45) is 4.99 Å². The first-order valence-electron chi connectivity index (χ1n) is 6.49. The van der Waals surface area contributed by atoms with Crippen LogP contribution in [0, 0.1) is 5.82 Å². The molecule has 2 aliphatic heterocycles. The third-order valence-corrected chi connectivity index (χ3v) is 3.37. The van der Waals surface area contributed by atoms with Crippen LogP contribution in [0.1, 0.15) is 12.5 Å². The van der Waals surface area contributed by atoms with Crippen LogP contribution in [0.15, 0.2) is 65.5 Å². The first-order chi connectivity index (χ1) is 9.63. The summed E-state index contributed by atoms with van der Waals surface area (Å²) < 4.78 is 13.4. The van der Waals surface area contributed by atoms with E-state index in [0.29, 0.717) is 0 Å². The molecule has 20 heavy (non-hydrogen) atoms. The zero-order valence-electron chi connectivity index (χ0n) is 11.5. The van der Waals surface area contributed by atoms with Crippen LogP contribution >= 0.6 is 0 Å². The van der Waals surface area contributed by atoms with Crippen LogP contribution in [-0.2, 0) is 0 Å². The fourth-order valence-electron chi connectivity index (χ4n) is 2.27. The van der Waals surface area contributed by atoms with E-state index in [0.717, 1.165) is 28.1 Å². The van der Waals surface area contributed by atoms with Crippen molar-refractivity contribution in [1.29, 1.82) is 0 Å². The van der Waals surface area contributed by atoms with E-state index in [9.17, 15) is 4.39 Å². The Bertz CT molecular complexity index is 690. The van der Waals surface area contributed by atoms with Crippen molar-refractivity contribution in [1.82, 2.24) is 4.90 Å². The van der Waals surface area contributed by atoms with Crippen LogP contribution in [0.2, 0.25) is 0 Å². The number of allylic oxidation sites excluding steroid dienone is 6. The highest BCUT2D eigenvalue weighted by Gasteiger charge is 2.17. The van der Waals surface area contributed by atoms with Crippen molar-refractivity contribution in [2.75, 3.05) is 7.05 Å². The molecule has 0 atom stereocenters.